The molecule has 1 amide bonds. The molecule has 8 heteroatoms. The second kappa shape index (κ2) is 6.74. The van der Waals surface area contributed by atoms with Crippen molar-refractivity contribution in [2.75, 3.05) is 6.54 Å². The van der Waals surface area contributed by atoms with Gasteiger partial charge in [-0.05, 0) is 12.1 Å². The van der Waals surface area contributed by atoms with E-state index in [1.807, 2.05) is 0 Å². The summed E-state index contributed by atoms with van der Waals surface area (Å²) in [6.07, 6.45) is -4.98. The molecule has 1 N–H and O–H groups in total. The monoisotopic (exact) mass is 341 g/mol. The van der Waals surface area contributed by atoms with Crippen molar-refractivity contribution in [1.29, 1.82) is 0 Å². The number of halogens is 3. The van der Waals surface area contributed by atoms with Crippen LogP contribution in [0.5, 0.6) is 0 Å². The topological polar surface area (TPSA) is 63.2 Å². The molecule has 23 heavy (non-hydrogen) atoms. The van der Waals surface area contributed by atoms with Crippen LogP contribution in [0, 0.1) is 0 Å². The molecule has 1 aromatic carbocycles. The SMILES string of the molecule is O=C(CNC(=O)c1ccc(C(=O)C(F)(F)F)s1)c1ccccc1. The van der Waals surface area contributed by atoms with Crippen molar-refractivity contribution in [3.63, 3.8) is 0 Å². The second-order valence-corrected chi connectivity index (χ2v) is 5.55. The van der Waals surface area contributed by atoms with Gasteiger partial charge in [-0.2, -0.15) is 13.2 Å². The maximum Gasteiger partial charge on any atom is 0.455 e. The number of rotatable bonds is 5. The summed E-state index contributed by atoms with van der Waals surface area (Å²) >= 11 is 0.431. The first-order valence-electron chi connectivity index (χ1n) is 6.37. The number of carbonyl (C=O) groups excluding carboxylic acids is 3. The largest absolute Gasteiger partial charge is 0.455 e. The van der Waals surface area contributed by atoms with E-state index in [1.165, 1.54) is 0 Å². The number of amides is 1. The van der Waals surface area contributed by atoms with Gasteiger partial charge in [0.25, 0.3) is 11.7 Å². The molecule has 0 unspecified atom stereocenters. The number of nitrogens with one attached hydrogen (secondary N) is 1. The van der Waals surface area contributed by atoms with E-state index in [9.17, 15) is 27.6 Å². The van der Waals surface area contributed by atoms with Crippen LogP contribution in [0.1, 0.15) is 29.7 Å². The Morgan fingerprint density at radius 1 is 0.957 bits per heavy atom. The fourth-order valence-corrected chi connectivity index (χ4v) is 2.58. The maximum atomic E-state index is 12.3. The predicted molar refractivity (Wildman–Crippen MR) is 77.8 cm³/mol. The van der Waals surface area contributed by atoms with Crippen LogP contribution >= 0.6 is 11.3 Å². The van der Waals surface area contributed by atoms with Crippen molar-refractivity contribution >= 4 is 28.8 Å². The Balaban J connectivity index is 1.98. The molecule has 2 rings (SSSR count). The van der Waals surface area contributed by atoms with E-state index in [2.05, 4.69) is 5.32 Å². The van der Waals surface area contributed by atoms with Gasteiger partial charge in [0, 0.05) is 5.56 Å². The number of Topliss-reactive ketones (excluding diaryl/α,β-unsaturated/α-hetero) is 2. The first-order valence-corrected chi connectivity index (χ1v) is 7.18. The van der Waals surface area contributed by atoms with Crippen LogP contribution in [0.15, 0.2) is 42.5 Å². The molecule has 0 saturated carbocycles. The number of benzene rings is 1. The molecule has 0 bridgehead atoms. The molecule has 0 atom stereocenters. The minimum absolute atomic E-state index is 0.0709. The van der Waals surface area contributed by atoms with Crippen LogP contribution in [0.3, 0.4) is 0 Å². The summed E-state index contributed by atoms with van der Waals surface area (Å²) < 4.78 is 36.9. The van der Waals surface area contributed by atoms with Crippen LogP contribution in [0.4, 0.5) is 13.2 Å². The van der Waals surface area contributed by atoms with E-state index < -0.39 is 22.7 Å². The van der Waals surface area contributed by atoms with Gasteiger partial charge in [-0.3, -0.25) is 14.4 Å². The van der Waals surface area contributed by atoms with Crippen molar-refractivity contribution in [2.45, 2.75) is 6.18 Å². The lowest BCUT2D eigenvalue weighted by Crippen LogP contribution is -2.29. The van der Waals surface area contributed by atoms with Crippen LogP contribution in [0.25, 0.3) is 0 Å². The van der Waals surface area contributed by atoms with Gasteiger partial charge in [0.2, 0.25) is 0 Å². The first kappa shape index (κ1) is 16.9. The van der Waals surface area contributed by atoms with Crippen LogP contribution < -0.4 is 5.32 Å². The molecule has 1 aromatic heterocycles. The minimum Gasteiger partial charge on any atom is -0.344 e. The summed E-state index contributed by atoms with van der Waals surface area (Å²) in [7, 11) is 0. The zero-order valence-electron chi connectivity index (χ0n) is 11.5. The first-order chi connectivity index (χ1) is 10.8. The zero-order valence-corrected chi connectivity index (χ0v) is 12.3. The maximum absolute atomic E-state index is 12.3. The molecule has 0 aliphatic rings. The third kappa shape index (κ3) is 4.26. The van der Waals surface area contributed by atoms with Gasteiger partial charge in [0.05, 0.1) is 16.3 Å². The highest BCUT2D eigenvalue weighted by molar-refractivity contribution is 7.16. The summed E-state index contributed by atoms with van der Waals surface area (Å²) in [6.45, 7) is -0.288. The van der Waals surface area contributed by atoms with E-state index in [0.717, 1.165) is 12.1 Å². The number of alkyl halides is 3. The standard InChI is InChI=1S/C15H10F3NO3S/c16-15(17,18)13(21)11-6-7-12(23-11)14(22)19-8-10(20)9-4-2-1-3-5-9/h1-7H,8H2,(H,19,22). The summed E-state index contributed by atoms with van der Waals surface area (Å²) in [5.74, 6) is -3.04. The van der Waals surface area contributed by atoms with E-state index >= 15 is 0 Å². The smallest absolute Gasteiger partial charge is 0.344 e. The van der Waals surface area contributed by atoms with E-state index in [-0.39, 0.29) is 17.2 Å². The van der Waals surface area contributed by atoms with Gasteiger partial charge in [-0.15, -0.1) is 11.3 Å². The fraction of sp³-hybridized carbons (Fsp3) is 0.133. The van der Waals surface area contributed by atoms with Crippen molar-refractivity contribution in [2.24, 2.45) is 0 Å². The Bertz CT molecular complexity index is 738. The van der Waals surface area contributed by atoms with Crippen molar-refractivity contribution in [3.8, 4) is 0 Å². The van der Waals surface area contributed by atoms with Gasteiger partial charge in [-0.25, -0.2) is 0 Å². The number of carbonyl (C=O) groups is 3. The number of thiophene rings is 1. The summed E-state index contributed by atoms with van der Waals surface area (Å²) in [5.41, 5.74) is 0.409. The number of ketones is 2. The molecule has 0 spiro atoms. The molecule has 0 saturated heterocycles. The van der Waals surface area contributed by atoms with E-state index in [0.29, 0.717) is 16.9 Å². The van der Waals surface area contributed by atoms with Gasteiger partial charge in [0.15, 0.2) is 5.78 Å². The normalized spacial score (nSPS) is 11.1. The number of hydrogen-bond acceptors (Lipinski definition) is 4. The Kier molecular flexibility index (Phi) is 4.95. The highest BCUT2D eigenvalue weighted by atomic mass is 32.1. The molecule has 4 nitrogen and oxygen atoms in total. The number of hydrogen-bond donors (Lipinski definition) is 1. The fourth-order valence-electron chi connectivity index (χ4n) is 1.70. The van der Waals surface area contributed by atoms with Gasteiger partial charge >= 0.3 is 6.18 Å². The molecule has 0 fully saturated rings. The van der Waals surface area contributed by atoms with Gasteiger partial charge < -0.3 is 5.32 Å². The highest BCUT2D eigenvalue weighted by Crippen LogP contribution is 2.26. The molecular weight excluding hydrogens is 331 g/mol. The predicted octanol–water partition coefficient (Wildman–Crippen LogP) is 3.11. The van der Waals surface area contributed by atoms with E-state index in [4.69, 9.17) is 0 Å². The molecule has 0 aliphatic carbocycles. The Morgan fingerprint density at radius 3 is 2.17 bits per heavy atom. The molecule has 120 valence electrons. The minimum atomic E-state index is -4.98. The average molecular weight is 341 g/mol. The van der Waals surface area contributed by atoms with Gasteiger partial charge in [0.1, 0.15) is 0 Å². The van der Waals surface area contributed by atoms with Gasteiger partial charge in [-0.1, -0.05) is 30.3 Å². The van der Waals surface area contributed by atoms with Crippen molar-refractivity contribution < 1.29 is 27.6 Å². The summed E-state index contributed by atoms with van der Waals surface area (Å²) in [5, 5.41) is 2.32. The van der Waals surface area contributed by atoms with E-state index in [1.54, 1.807) is 30.3 Å². The zero-order chi connectivity index (χ0) is 17.0. The van der Waals surface area contributed by atoms with Crippen LogP contribution in [-0.2, 0) is 0 Å². The highest BCUT2D eigenvalue weighted by Gasteiger charge is 2.40. The Hall–Kier alpha value is -2.48. The molecule has 1 heterocycles. The van der Waals surface area contributed by atoms with Crippen LogP contribution in [0.2, 0.25) is 0 Å². The second-order valence-electron chi connectivity index (χ2n) is 4.46. The Morgan fingerprint density at radius 2 is 1.57 bits per heavy atom. The van der Waals surface area contributed by atoms with Crippen molar-refractivity contribution in [3.05, 3.63) is 57.8 Å². The lowest BCUT2D eigenvalue weighted by molar-refractivity contribution is -0.0882. The molecular formula is C15H10F3NO3S. The lowest BCUT2D eigenvalue weighted by atomic mass is 10.1. The average Bonchev–Trinajstić information content (AvgIpc) is 3.01. The molecule has 0 aliphatic heterocycles. The third-order valence-corrected chi connectivity index (χ3v) is 3.90. The quantitative estimate of drug-likeness (QED) is 0.850. The van der Waals surface area contributed by atoms with Crippen molar-refractivity contribution in [1.82, 2.24) is 5.32 Å². The molecule has 0 radical (unpaired) electrons. The Labute approximate surface area is 132 Å². The van der Waals surface area contributed by atoms with Crippen LogP contribution in [-0.4, -0.2) is 30.2 Å². The molecule has 2 aromatic rings. The lowest BCUT2D eigenvalue weighted by Gasteiger charge is -2.03. The third-order valence-electron chi connectivity index (χ3n) is 2.82. The summed E-state index contributed by atoms with van der Waals surface area (Å²) in [4.78, 5) is 34.0. The summed E-state index contributed by atoms with van der Waals surface area (Å²) in [6, 6.07) is 10.3.